The molecule has 2 aliphatic rings. The first-order valence-electron chi connectivity index (χ1n) is 6.58. The highest BCUT2D eigenvalue weighted by atomic mass is 16.5. The third kappa shape index (κ3) is 1.67. The van der Waals surface area contributed by atoms with Crippen molar-refractivity contribution in [2.75, 3.05) is 0 Å². The second-order valence-corrected chi connectivity index (χ2v) is 5.06. The minimum absolute atomic E-state index is 0.422. The Balaban J connectivity index is 1.76. The van der Waals surface area contributed by atoms with Gasteiger partial charge in [-0.2, -0.15) is 9.86 Å². The molecule has 0 saturated heterocycles. The molecule has 19 heavy (non-hydrogen) atoms. The van der Waals surface area contributed by atoms with E-state index in [2.05, 4.69) is 31.9 Å². The number of aromatic nitrogens is 6. The molecule has 3 heterocycles. The van der Waals surface area contributed by atoms with Crippen molar-refractivity contribution in [2.45, 2.75) is 45.4 Å². The lowest BCUT2D eigenvalue weighted by Gasteiger charge is -2.08. The molecule has 0 atom stereocenters. The lowest BCUT2D eigenvalue weighted by Crippen LogP contribution is -2.13. The minimum atomic E-state index is 0.422. The highest BCUT2D eigenvalue weighted by Gasteiger charge is 2.30. The third-order valence-corrected chi connectivity index (χ3v) is 3.64. The zero-order valence-corrected chi connectivity index (χ0v) is 10.7. The van der Waals surface area contributed by atoms with Crippen molar-refractivity contribution in [1.82, 2.24) is 34.8 Å². The molecule has 1 aliphatic heterocycles. The summed E-state index contributed by atoms with van der Waals surface area (Å²) in [7, 11) is 0. The predicted molar refractivity (Wildman–Crippen MR) is 64.0 cm³/mol. The Morgan fingerprint density at radius 2 is 2.16 bits per heavy atom. The summed E-state index contributed by atoms with van der Waals surface area (Å²) in [5.74, 6) is 1.33. The number of hydroxylamine groups is 2. The Bertz CT molecular complexity index is 627. The highest BCUT2D eigenvalue weighted by molar-refractivity contribution is 5.46. The SMILES string of the molecule is CCn1c(-c2nnn(C3CC3)n2)nc2c1CN(O)C2. The van der Waals surface area contributed by atoms with Crippen molar-refractivity contribution >= 4 is 0 Å². The van der Waals surface area contributed by atoms with Crippen molar-refractivity contribution in [1.29, 1.82) is 0 Å². The number of hydrogen-bond donors (Lipinski definition) is 1. The first kappa shape index (κ1) is 11.1. The van der Waals surface area contributed by atoms with Gasteiger partial charge in [0.25, 0.3) is 0 Å². The first-order valence-corrected chi connectivity index (χ1v) is 6.58. The molecule has 8 heteroatoms. The van der Waals surface area contributed by atoms with Crippen LogP contribution < -0.4 is 0 Å². The Kier molecular flexibility index (Phi) is 2.24. The Morgan fingerprint density at radius 1 is 1.32 bits per heavy atom. The molecule has 1 fully saturated rings. The van der Waals surface area contributed by atoms with Crippen LogP contribution in [0.25, 0.3) is 11.6 Å². The molecule has 1 N–H and O–H groups in total. The van der Waals surface area contributed by atoms with Gasteiger partial charge in [0.1, 0.15) is 0 Å². The molecule has 2 aromatic heterocycles. The van der Waals surface area contributed by atoms with E-state index < -0.39 is 0 Å². The van der Waals surface area contributed by atoms with Gasteiger partial charge in [-0.3, -0.25) is 0 Å². The van der Waals surface area contributed by atoms with Crippen LogP contribution in [0.3, 0.4) is 0 Å². The van der Waals surface area contributed by atoms with Crippen LogP contribution in [-0.4, -0.2) is 40.0 Å². The summed E-state index contributed by atoms with van der Waals surface area (Å²) in [4.78, 5) is 6.25. The van der Waals surface area contributed by atoms with Gasteiger partial charge in [-0.15, -0.1) is 10.2 Å². The molecule has 0 unspecified atom stereocenters. The van der Waals surface area contributed by atoms with Gasteiger partial charge in [-0.1, -0.05) is 0 Å². The van der Waals surface area contributed by atoms with E-state index in [1.54, 1.807) is 4.80 Å². The molecular formula is C11H15N7O. The van der Waals surface area contributed by atoms with Gasteiger partial charge in [0.15, 0.2) is 5.82 Å². The molecule has 100 valence electrons. The Hall–Kier alpha value is -1.80. The number of nitrogens with zero attached hydrogens (tertiary/aromatic N) is 7. The standard InChI is InChI=1S/C11H15N7O/c1-2-17-9-6-16(19)5-8(9)12-11(17)10-13-15-18(14-10)7-3-4-7/h7,19H,2-6H2,1H3. The summed E-state index contributed by atoms with van der Waals surface area (Å²) < 4.78 is 2.06. The molecule has 1 saturated carbocycles. The molecule has 1 aliphatic carbocycles. The number of fused-ring (bicyclic) bond motifs is 1. The van der Waals surface area contributed by atoms with Crippen LogP contribution in [0.4, 0.5) is 0 Å². The largest absolute Gasteiger partial charge is 0.324 e. The van der Waals surface area contributed by atoms with Crippen LogP contribution >= 0.6 is 0 Å². The van der Waals surface area contributed by atoms with Crippen LogP contribution in [0.1, 0.15) is 37.2 Å². The van der Waals surface area contributed by atoms with E-state index >= 15 is 0 Å². The maximum absolute atomic E-state index is 9.54. The quantitative estimate of drug-likeness (QED) is 0.870. The maximum atomic E-state index is 9.54. The molecule has 0 aromatic carbocycles. The van der Waals surface area contributed by atoms with Crippen LogP contribution in [-0.2, 0) is 19.6 Å². The monoisotopic (exact) mass is 261 g/mol. The van der Waals surface area contributed by atoms with Crippen LogP contribution in [0, 0.1) is 0 Å². The fourth-order valence-electron chi connectivity index (χ4n) is 2.53. The molecule has 2 aromatic rings. The van der Waals surface area contributed by atoms with Crippen molar-refractivity contribution in [3.05, 3.63) is 11.4 Å². The lowest BCUT2D eigenvalue weighted by atomic mass is 10.4. The van der Waals surface area contributed by atoms with Gasteiger partial charge in [0.05, 0.1) is 30.5 Å². The normalized spacial score (nSPS) is 19.1. The third-order valence-electron chi connectivity index (χ3n) is 3.64. The topological polar surface area (TPSA) is 84.9 Å². The second-order valence-electron chi connectivity index (χ2n) is 5.06. The zero-order chi connectivity index (χ0) is 13.0. The summed E-state index contributed by atoms with van der Waals surface area (Å²) in [6.45, 7) is 3.80. The van der Waals surface area contributed by atoms with E-state index in [-0.39, 0.29) is 0 Å². The fraction of sp³-hybridized carbons (Fsp3) is 0.636. The van der Waals surface area contributed by atoms with Gasteiger partial charge in [0.2, 0.25) is 5.82 Å². The van der Waals surface area contributed by atoms with E-state index in [1.165, 1.54) is 5.06 Å². The molecular weight excluding hydrogens is 246 g/mol. The average molecular weight is 261 g/mol. The summed E-state index contributed by atoms with van der Waals surface area (Å²) in [5, 5.41) is 23.4. The summed E-state index contributed by atoms with van der Waals surface area (Å²) in [5.41, 5.74) is 1.95. The Labute approximate surface area is 109 Å². The van der Waals surface area contributed by atoms with Crippen molar-refractivity contribution in [3.8, 4) is 11.6 Å². The summed E-state index contributed by atoms with van der Waals surface area (Å²) in [6, 6.07) is 0.422. The molecule has 8 nitrogen and oxygen atoms in total. The van der Waals surface area contributed by atoms with Gasteiger partial charge in [-0.05, 0) is 25.0 Å². The molecule has 4 rings (SSSR count). The van der Waals surface area contributed by atoms with Gasteiger partial charge < -0.3 is 9.77 Å². The number of hydrogen-bond acceptors (Lipinski definition) is 6. The van der Waals surface area contributed by atoms with Crippen molar-refractivity contribution < 1.29 is 5.21 Å². The van der Waals surface area contributed by atoms with Gasteiger partial charge in [0, 0.05) is 6.54 Å². The number of rotatable bonds is 3. The average Bonchev–Trinajstić information content (AvgIpc) is 2.87. The maximum Gasteiger partial charge on any atom is 0.240 e. The smallest absolute Gasteiger partial charge is 0.240 e. The van der Waals surface area contributed by atoms with E-state index in [0.717, 1.165) is 36.6 Å². The Morgan fingerprint density at radius 3 is 2.89 bits per heavy atom. The molecule has 0 bridgehead atoms. The van der Waals surface area contributed by atoms with E-state index in [1.807, 2.05) is 0 Å². The lowest BCUT2D eigenvalue weighted by molar-refractivity contribution is -0.0985. The summed E-state index contributed by atoms with van der Waals surface area (Å²) in [6.07, 6.45) is 2.27. The summed E-state index contributed by atoms with van der Waals surface area (Å²) >= 11 is 0. The van der Waals surface area contributed by atoms with Crippen molar-refractivity contribution in [2.24, 2.45) is 0 Å². The number of tetrazole rings is 1. The van der Waals surface area contributed by atoms with E-state index in [9.17, 15) is 5.21 Å². The highest BCUT2D eigenvalue weighted by Crippen LogP contribution is 2.33. The van der Waals surface area contributed by atoms with Crippen LogP contribution in [0.15, 0.2) is 0 Å². The fourth-order valence-corrected chi connectivity index (χ4v) is 2.53. The van der Waals surface area contributed by atoms with Crippen molar-refractivity contribution in [3.63, 3.8) is 0 Å². The molecule has 0 radical (unpaired) electrons. The minimum Gasteiger partial charge on any atom is -0.324 e. The van der Waals surface area contributed by atoms with Gasteiger partial charge >= 0.3 is 0 Å². The van der Waals surface area contributed by atoms with E-state index in [4.69, 9.17) is 0 Å². The molecule has 0 amide bonds. The number of imidazole rings is 1. The van der Waals surface area contributed by atoms with Gasteiger partial charge in [-0.25, -0.2) is 4.98 Å². The van der Waals surface area contributed by atoms with Crippen LogP contribution in [0.5, 0.6) is 0 Å². The van der Waals surface area contributed by atoms with Crippen LogP contribution in [0.2, 0.25) is 0 Å². The first-order chi connectivity index (χ1) is 9.26. The zero-order valence-electron chi connectivity index (χ0n) is 10.7. The predicted octanol–water partition coefficient (Wildman–Crippen LogP) is 0.596. The second kappa shape index (κ2) is 3.84. The van der Waals surface area contributed by atoms with E-state index in [0.29, 0.717) is 25.0 Å². The molecule has 0 spiro atoms.